The van der Waals surface area contributed by atoms with Crippen LogP contribution in [0.3, 0.4) is 0 Å². The minimum atomic E-state index is -0.747. The zero-order chi connectivity index (χ0) is 26.9. The summed E-state index contributed by atoms with van der Waals surface area (Å²) in [6, 6.07) is 0. The van der Waals surface area contributed by atoms with Crippen LogP contribution in [0.5, 0.6) is 0 Å². The Morgan fingerprint density at radius 2 is 1.72 bits per heavy atom. The fourth-order valence-electron chi connectivity index (χ4n) is 8.56. The number of carbonyl (C=O) groups excluding carboxylic acids is 1. The summed E-state index contributed by atoms with van der Waals surface area (Å²) in [7, 11) is 0. The van der Waals surface area contributed by atoms with Gasteiger partial charge in [0, 0.05) is 5.92 Å². The molecule has 36 heavy (non-hydrogen) atoms. The quantitative estimate of drug-likeness (QED) is 0.303. The summed E-state index contributed by atoms with van der Waals surface area (Å²) in [6.45, 7) is 18.4. The number of hydrogen-bond acceptors (Lipinski definition) is 3. The molecule has 4 aliphatic rings. The Balaban J connectivity index is 0.000000201. The fourth-order valence-corrected chi connectivity index (χ4v) is 8.56. The highest BCUT2D eigenvalue weighted by Gasteiger charge is 2.62. The molecule has 4 unspecified atom stereocenters. The van der Waals surface area contributed by atoms with Crippen LogP contribution < -0.4 is 0 Å². The lowest BCUT2D eigenvalue weighted by atomic mass is 9.45. The molecule has 4 heteroatoms. The van der Waals surface area contributed by atoms with E-state index in [1.54, 1.807) is 11.1 Å². The Morgan fingerprint density at radius 1 is 1.03 bits per heavy atom. The largest absolute Gasteiger partial charge is 0.481 e. The number of rotatable bonds is 5. The third-order valence-electron chi connectivity index (χ3n) is 10.5. The number of carboxylic acids is 1. The van der Waals surface area contributed by atoms with Crippen LogP contribution in [-0.4, -0.2) is 22.6 Å². The molecule has 4 rings (SSSR count). The Kier molecular flexibility index (Phi) is 8.58. The zero-order valence-electron chi connectivity index (χ0n) is 24.4. The van der Waals surface area contributed by atoms with Gasteiger partial charge < -0.3 is 9.84 Å². The van der Waals surface area contributed by atoms with Crippen molar-refractivity contribution in [3.63, 3.8) is 0 Å². The second kappa shape index (κ2) is 10.7. The SMILES string of the molecule is CC1(C)CCCC2(C)C1CCC1(C)OC(=O)CC12.CC1=C(CC/C(C)=C/CC(=O)O)C(C)(C)CCC1. The van der Waals surface area contributed by atoms with Crippen LogP contribution in [0, 0.1) is 28.1 Å². The first-order chi connectivity index (χ1) is 16.6. The molecule has 1 aliphatic heterocycles. The van der Waals surface area contributed by atoms with E-state index in [1.807, 2.05) is 13.0 Å². The minimum Gasteiger partial charge on any atom is -0.481 e. The van der Waals surface area contributed by atoms with Crippen molar-refractivity contribution in [2.75, 3.05) is 0 Å². The maximum Gasteiger partial charge on any atom is 0.307 e. The summed E-state index contributed by atoms with van der Waals surface area (Å²) >= 11 is 0. The first-order valence-corrected chi connectivity index (χ1v) is 14.4. The van der Waals surface area contributed by atoms with Crippen LogP contribution in [0.4, 0.5) is 0 Å². The van der Waals surface area contributed by atoms with Gasteiger partial charge in [0.2, 0.25) is 0 Å². The van der Waals surface area contributed by atoms with Crippen molar-refractivity contribution in [3.8, 4) is 0 Å². The van der Waals surface area contributed by atoms with Crippen LogP contribution in [0.15, 0.2) is 22.8 Å². The average Bonchev–Trinajstić information content (AvgIpc) is 3.06. The molecule has 204 valence electrons. The van der Waals surface area contributed by atoms with E-state index in [4.69, 9.17) is 9.84 Å². The van der Waals surface area contributed by atoms with Gasteiger partial charge in [-0.1, -0.05) is 63.8 Å². The Morgan fingerprint density at radius 3 is 2.36 bits per heavy atom. The predicted molar refractivity (Wildman–Crippen MR) is 147 cm³/mol. The van der Waals surface area contributed by atoms with Crippen molar-refractivity contribution in [2.45, 2.75) is 138 Å². The standard InChI is InChI=1S/2C16H26O2/c1-14(2)7-5-8-15(3)11(14)6-9-16(4)12(15)10-13(17)18-16;1-12(8-10-15(17)18)7-9-14-13(2)6-5-11-16(14,3)4/h11-12H,5-10H2,1-4H3;8H,5-7,9-11H2,1-4H3,(H,17,18)/b;12-8+. The van der Waals surface area contributed by atoms with Crippen molar-refractivity contribution >= 4 is 11.9 Å². The van der Waals surface area contributed by atoms with Gasteiger partial charge in [-0.2, -0.15) is 0 Å². The highest BCUT2D eigenvalue weighted by Crippen LogP contribution is 2.64. The van der Waals surface area contributed by atoms with Gasteiger partial charge in [0.1, 0.15) is 5.60 Å². The van der Waals surface area contributed by atoms with Crippen LogP contribution >= 0.6 is 0 Å². The highest BCUT2D eigenvalue weighted by molar-refractivity contribution is 5.73. The average molecular weight is 501 g/mol. The second-order valence-corrected chi connectivity index (χ2v) is 14.1. The lowest BCUT2D eigenvalue weighted by Gasteiger charge is -2.59. The van der Waals surface area contributed by atoms with E-state index in [0.29, 0.717) is 28.6 Å². The van der Waals surface area contributed by atoms with Gasteiger partial charge in [-0.05, 0) is 101 Å². The summed E-state index contributed by atoms with van der Waals surface area (Å²) in [5.41, 5.74) is 5.24. The van der Waals surface area contributed by atoms with Gasteiger partial charge in [-0.3, -0.25) is 9.59 Å². The summed E-state index contributed by atoms with van der Waals surface area (Å²) < 4.78 is 5.70. The number of allylic oxidation sites excluding steroid dienone is 3. The van der Waals surface area contributed by atoms with E-state index < -0.39 is 5.97 Å². The van der Waals surface area contributed by atoms with Crippen molar-refractivity contribution < 1.29 is 19.4 Å². The number of ether oxygens (including phenoxy) is 1. The third-order valence-corrected chi connectivity index (χ3v) is 10.5. The van der Waals surface area contributed by atoms with Gasteiger partial charge in [0.25, 0.3) is 0 Å². The predicted octanol–water partition coefficient (Wildman–Crippen LogP) is 8.65. The first kappa shape index (κ1) is 29.0. The number of carboxylic acid groups (broad SMARTS) is 1. The van der Waals surface area contributed by atoms with Crippen LogP contribution in [0.2, 0.25) is 0 Å². The molecule has 0 bridgehead atoms. The number of aliphatic carboxylic acids is 1. The van der Waals surface area contributed by atoms with Gasteiger partial charge >= 0.3 is 11.9 Å². The van der Waals surface area contributed by atoms with E-state index in [9.17, 15) is 9.59 Å². The highest BCUT2D eigenvalue weighted by atomic mass is 16.6. The lowest BCUT2D eigenvalue weighted by Crippen LogP contribution is -2.55. The van der Waals surface area contributed by atoms with Crippen molar-refractivity contribution in [1.29, 1.82) is 0 Å². The molecule has 1 saturated heterocycles. The lowest BCUT2D eigenvalue weighted by molar-refractivity contribution is -0.164. The molecule has 3 fully saturated rings. The van der Waals surface area contributed by atoms with Gasteiger partial charge in [-0.25, -0.2) is 0 Å². The monoisotopic (exact) mass is 500 g/mol. The summed E-state index contributed by atoms with van der Waals surface area (Å²) in [4.78, 5) is 22.3. The van der Waals surface area contributed by atoms with E-state index >= 15 is 0 Å². The third kappa shape index (κ3) is 6.10. The summed E-state index contributed by atoms with van der Waals surface area (Å²) in [5.74, 6) is 0.484. The smallest absolute Gasteiger partial charge is 0.307 e. The van der Waals surface area contributed by atoms with Gasteiger partial charge in [-0.15, -0.1) is 0 Å². The Bertz CT molecular complexity index is 907. The number of carbonyl (C=O) groups is 2. The molecule has 4 atom stereocenters. The molecule has 0 aromatic carbocycles. The van der Waals surface area contributed by atoms with E-state index in [-0.39, 0.29) is 18.0 Å². The van der Waals surface area contributed by atoms with Crippen molar-refractivity contribution in [1.82, 2.24) is 0 Å². The molecule has 2 saturated carbocycles. The zero-order valence-corrected chi connectivity index (χ0v) is 24.4. The Hall–Kier alpha value is -1.58. The normalized spacial score (nSPS) is 35.2. The minimum absolute atomic E-state index is 0.0350. The molecule has 0 radical (unpaired) electrons. The van der Waals surface area contributed by atoms with E-state index in [2.05, 4.69) is 48.5 Å². The molecular formula is C32H52O4. The van der Waals surface area contributed by atoms with Crippen LogP contribution in [-0.2, 0) is 14.3 Å². The summed E-state index contributed by atoms with van der Waals surface area (Å²) in [6.07, 6.45) is 14.7. The molecule has 0 aromatic rings. The number of esters is 1. The van der Waals surface area contributed by atoms with Gasteiger partial charge in [0.05, 0.1) is 12.8 Å². The molecule has 4 nitrogen and oxygen atoms in total. The van der Waals surface area contributed by atoms with Gasteiger partial charge in [0.15, 0.2) is 0 Å². The molecule has 3 aliphatic carbocycles. The van der Waals surface area contributed by atoms with Crippen molar-refractivity contribution in [3.05, 3.63) is 22.8 Å². The molecule has 0 aromatic heterocycles. The Labute approximate surface area is 220 Å². The maximum absolute atomic E-state index is 11.8. The van der Waals surface area contributed by atoms with E-state index in [0.717, 1.165) is 25.2 Å². The van der Waals surface area contributed by atoms with Crippen molar-refractivity contribution in [2.24, 2.45) is 28.1 Å². The second-order valence-electron chi connectivity index (χ2n) is 14.1. The number of hydrogen-bond donors (Lipinski definition) is 1. The van der Waals surface area contributed by atoms with Crippen LogP contribution in [0.25, 0.3) is 0 Å². The molecule has 0 amide bonds. The molecule has 1 N–H and O–H groups in total. The number of fused-ring (bicyclic) bond motifs is 3. The molecular weight excluding hydrogens is 448 g/mol. The fraction of sp³-hybridized carbons (Fsp3) is 0.812. The van der Waals surface area contributed by atoms with Crippen LogP contribution in [0.1, 0.15) is 132 Å². The molecule has 0 spiro atoms. The topological polar surface area (TPSA) is 63.6 Å². The maximum atomic E-state index is 11.8. The summed E-state index contributed by atoms with van der Waals surface area (Å²) in [5, 5.41) is 8.65. The van der Waals surface area contributed by atoms with E-state index in [1.165, 1.54) is 50.5 Å². The molecule has 1 heterocycles. The first-order valence-electron chi connectivity index (χ1n) is 14.4.